The van der Waals surface area contributed by atoms with Gasteiger partial charge in [-0.25, -0.2) is 0 Å². The molecule has 0 saturated heterocycles. The molecule has 1 heterocycles. The summed E-state index contributed by atoms with van der Waals surface area (Å²) in [5.41, 5.74) is 2.56. The maximum absolute atomic E-state index is 13.8. The molecule has 4 amide bonds. The van der Waals surface area contributed by atoms with Crippen LogP contribution in [-0.2, 0) is 22.6 Å². The first-order valence-electron chi connectivity index (χ1n) is 13.7. The molecule has 1 aliphatic rings. The molecule has 0 aliphatic carbocycles. The first-order chi connectivity index (χ1) is 19.4. The van der Waals surface area contributed by atoms with Crippen molar-refractivity contribution in [1.29, 1.82) is 0 Å². The highest BCUT2D eigenvalue weighted by atomic mass is 35.5. The number of imide groups is 1. The zero-order chi connectivity index (χ0) is 28.5. The van der Waals surface area contributed by atoms with E-state index in [2.05, 4.69) is 12.2 Å². The third kappa shape index (κ3) is 7.16. The van der Waals surface area contributed by atoms with Gasteiger partial charge in [0.15, 0.2) is 0 Å². The van der Waals surface area contributed by atoms with E-state index < -0.39 is 6.04 Å². The fourth-order valence-electron chi connectivity index (χ4n) is 4.82. The van der Waals surface area contributed by atoms with Crippen LogP contribution in [0.2, 0.25) is 5.02 Å². The van der Waals surface area contributed by atoms with Crippen molar-refractivity contribution in [3.63, 3.8) is 0 Å². The molecule has 0 fully saturated rings. The van der Waals surface area contributed by atoms with Crippen LogP contribution in [0, 0.1) is 0 Å². The SMILES string of the molecule is CCCCNC(=O)C(Cc1ccccc1)N(Cc1ccc(Cl)cc1)C(=O)CCCN1C(=O)c2ccccc2C1=O. The molecule has 0 bridgehead atoms. The van der Waals surface area contributed by atoms with Crippen molar-refractivity contribution < 1.29 is 19.2 Å². The summed E-state index contributed by atoms with van der Waals surface area (Å²) in [6, 6.07) is 22.8. The molecular formula is C32H34ClN3O4. The van der Waals surface area contributed by atoms with Gasteiger partial charge in [0, 0.05) is 37.5 Å². The average Bonchev–Trinajstić information content (AvgIpc) is 3.21. The molecule has 3 aromatic rings. The van der Waals surface area contributed by atoms with Gasteiger partial charge in [-0.05, 0) is 48.2 Å². The number of amides is 4. The minimum Gasteiger partial charge on any atom is -0.354 e. The van der Waals surface area contributed by atoms with Crippen LogP contribution < -0.4 is 5.32 Å². The monoisotopic (exact) mass is 559 g/mol. The summed E-state index contributed by atoms with van der Waals surface area (Å²) >= 11 is 6.09. The van der Waals surface area contributed by atoms with Gasteiger partial charge in [-0.2, -0.15) is 0 Å². The Bertz CT molecular complexity index is 1310. The smallest absolute Gasteiger partial charge is 0.261 e. The lowest BCUT2D eigenvalue weighted by Gasteiger charge is -2.32. The predicted molar refractivity (Wildman–Crippen MR) is 155 cm³/mol. The standard InChI is InChI=1S/C32H34ClN3O4/c1-2-3-19-34-30(38)28(21-23-10-5-4-6-11-23)36(22-24-15-17-25(33)18-16-24)29(37)14-9-20-35-31(39)26-12-7-8-13-27(26)32(35)40/h4-8,10-13,15-18,28H,2-3,9,14,19-22H2,1H3,(H,34,38). The van der Waals surface area contributed by atoms with Gasteiger partial charge in [0.2, 0.25) is 11.8 Å². The lowest BCUT2D eigenvalue weighted by Crippen LogP contribution is -2.50. The van der Waals surface area contributed by atoms with Crippen molar-refractivity contribution in [3.8, 4) is 0 Å². The quantitative estimate of drug-likeness (QED) is 0.228. The number of halogens is 1. The Morgan fingerprint density at radius 1 is 0.850 bits per heavy atom. The fourth-order valence-corrected chi connectivity index (χ4v) is 4.95. The molecule has 208 valence electrons. The fraction of sp³-hybridized carbons (Fsp3) is 0.312. The maximum atomic E-state index is 13.8. The predicted octanol–water partition coefficient (Wildman–Crippen LogP) is 5.27. The van der Waals surface area contributed by atoms with Crippen LogP contribution in [0.1, 0.15) is 64.4 Å². The highest BCUT2D eigenvalue weighted by Crippen LogP contribution is 2.23. The number of carbonyl (C=O) groups is 4. The largest absolute Gasteiger partial charge is 0.354 e. The number of nitrogens with one attached hydrogen (secondary N) is 1. The second-order valence-corrected chi connectivity index (χ2v) is 10.3. The van der Waals surface area contributed by atoms with Gasteiger partial charge in [0.25, 0.3) is 11.8 Å². The topological polar surface area (TPSA) is 86.8 Å². The number of unbranched alkanes of at least 4 members (excludes halogenated alkanes) is 1. The molecule has 1 unspecified atom stereocenters. The highest BCUT2D eigenvalue weighted by Gasteiger charge is 2.35. The molecule has 0 spiro atoms. The second-order valence-electron chi connectivity index (χ2n) is 9.91. The molecule has 1 atom stereocenters. The summed E-state index contributed by atoms with van der Waals surface area (Å²) in [4.78, 5) is 55.6. The van der Waals surface area contributed by atoms with Crippen molar-refractivity contribution in [2.45, 2.75) is 51.6 Å². The number of hydrogen-bond donors (Lipinski definition) is 1. The first kappa shape index (κ1) is 29.0. The molecular weight excluding hydrogens is 526 g/mol. The Balaban J connectivity index is 1.53. The number of benzene rings is 3. The van der Waals surface area contributed by atoms with Gasteiger partial charge < -0.3 is 10.2 Å². The maximum Gasteiger partial charge on any atom is 0.261 e. The minimum absolute atomic E-state index is 0.0779. The summed E-state index contributed by atoms with van der Waals surface area (Å²) < 4.78 is 0. The van der Waals surface area contributed by atoms with E-state index in [9.17, 15) is 19.2 Å². The van der Waals surface area contributed by atoms with Gasteiger partial charge in [-0.1, -0.05) is 79.5 Å². The Morgan fingerprint density at radius 3 is 2.10 bits per heavy atom. The Hall–Kier alpha value is -3.97. The highest BCUT2D eigenvalue weighted by molar-refractivity contribution is 6.30. The van der Waals surface area contributed by atoms with Crippen LogP contribution in [0.5, 0.6) is 0 Å². The summed E-state index contributed by atoms with van der Waals surface area (Å²) in [5.74, 6) is -1.12. The van der Waals surface area contributed by atoms with Gasteiger partial charge in [0.05, 0.1) is 11.1 Å². The van der Waals surface area contributed by atoms with E-state index in [1.807, 2.05) is 42.5 Å². The molecule has 0 saturated carbocycles. The molecule has 8 heteroatoms. The second kappa shape index (κ2) is 13.9. The van der Waals surface area contributed by atoms with E-state index in [1.54, 1.807) is 41.3 Å². The average molecular weight is 560 g/mol. The van der Waals surface area contributed by atoms with Crippen LogP contribution >= 0.6 is 11.6 Å². The lowest BCUT2D eigenvalue weighted by molar-refractivity contribution is -0.141. The number of fused-ring (bicyclic) bond motifs is 1. The Kier molecular flexibility index (Phi) is 10.1. The number of nitrogens with zero attached hydrogens (tertiary/aromatic N) is 2. The van der Waals surface area contributed by atoms with Gasteiger partial charge >= 0.3 is 0 Å². The molecule has 0 radical (unpaired) electrons. The number of rotatable bonds is 13. The summed E-state index contributed by atoms with van der Waals surface area (Å²) in [5, 5.41) is 3.59. The number of hydrogen-bond acceptors (Lipinski definition) is 4. The summed E-state index contributed by atoms with van der Waals surface area (Å²) in [6.45, 7) is 2.93. The zero-order valence-corrected chi connectivity index (χ0v) is 23.4. The molecule has 0 aromatic heterocycles. The molecule has 1 N–H and O–H groups in total. The summed E-state index contributed by atoms with van der Waals surface area (Å²) in [6.07, 6.45) is 2.51. The lowest BCUT2D eigenvalue weighted by atomic mass is 10.0. The van der Waals surface area contributed by atoms with Crippen LogP contribution in [-0.4, -0.2) is 52.6 Å². The molecule has 7 nitrogen and oxygen atoms in total. The van der Waals surface area contributed by atoms with E-state index in [0.29, 0.717) is 29.1 Å². The van der Waals surface area contributed by atoms with E-state index in [4.69, 9.17) is 11.6 Å². The van der Waals surface area contributed by atoms with Crippen molar-refractivity contribution in [2.24, 2.45) is 0 Å². The number of carbonyl (C=O) groups excluding carboxylic acids is 4. The zero-order valence-electron chi connectivity index (χ0n) is 22.6. The molecule has 40 heavy (non-hydrogen) atoms. The van der Waals surface area contributed by atoms with Crippen molar-refractivity contribution in [2.75, 3.05) is 13.1 Å². The van der Waals surface area contributed by atoms with Gasteiger partial charge in [0.1, 0.15) is 6.04 Å². The molecule has 1 aliphatic heterocycles. The van der Waals surface area contributed by atoms with E-state index >= 15 is 0 Å². The first-order valence-corrected chi connectivity index (χ1v) is 14.1. The van der Waals surface area contributed by atoms with Gasteiger partial charge in [-0.3, -0.25) is 24.1 Å². The molecule has 3 aromatic carbocycles. The van der Waals surface area contributed by atoms with Crippen molar-refractivity contribution in [1.82, 2.24) is 15.1 Å². The molecule has 4 rings (SSSR count). The Morgan fingerprint density at radius 2 is 1.48 bits per heavy atom. The third-order valence-corrected chi connectivity index (χ3v) is 7.27. The van der Waals surface area contributed by atoms with Crippen LogP contribution in [0.3, 0.4) is 0 Å². The normalized spacial score (nSPS) is 13.2. The van der Waals surface area contributed by atoms with Gasteiger partial charge in [-0.15, -0.1) is 0 Å². The Labute approximate surface area is 240 Å². The van der Waals surface area contributed by atoms with Crippen LogP contribution in [0.25, 0.3) is 0 Å². The van der Waals surface area contributed by atoms with Crippen LogP contribution in [0.4, 0.5) is 0 Å². The summed E-state index contributed by atoms with van der Waals surface area (Å²) in [7, 11) is 0. The minimum atomic E-state index is -0.735. The van der Waals surface area contributed by atoms with Crippen molar-refractivity contribution >= 4 is 35.2 Å². The van der Waals surface area contributed by atoms with Crippen molar-refractivity contribution in [3.05, 3.63) is 106 Å². The third-order valence-electron chi connectivity index (χ3n) is 7.02. The van der Waals surface area contributed by atoms with Crippen LogP contribution in [0.15, 0.2) is 78.9 Å². The van der Waals surface area contributed by atoms with E-state index in [-0.39, 0.29) is 49.6 Å². The van der Waals surface area contributed by atoms with E-state index in [0.717, 1.165) is 24.0 Å². The van der Waals surface area contributed by atoms with E-state index in [1.165, 1.54) is 4.90 Å².